The molecule has 0 spiro atoms. The van der Waals surface area contributed by atoms with Crippen molar-refractivity contribution in [1.82, 2.24) is 0 Å². The summed E-state index contributed by atoms with van der Waals surface area (Å²) in [6, 6.07) is 0. The number of unbranched alkanes of at least 4 members (excludes halogenated alkanes) is 1. The molecule has 0 aliphatic heterocycles. The molecule has 0 heterocycles. The Hall–Kier alpha value is 1.52. The zero-order valence-electron chi connectivity index (χ0n) is 10.6. The lowest BCUT2D eigenvalue weighted by Gasteiger charge is -2.14. The minimum Gasteiger partial charge on any atom is -0.462 e. The smallest absolute Gasteiger partial charge is 0.340 e. The highest BCUT2D eigenvalue weighted by Crippen LogP contribution is 2.35. The largest absolute Gasteiger partial charge is 0.462 e. The van der Waals surface area contributed by atoms with Gasteiger partial charge in [-0.2, -0.15) is 8.42 Å². The van der Waals surface area contributed by atoms with Crippen LogP contribution >= 0.6 is 90.4 Å². The van der Waals surface area contributed by atoms with Gasteiger partial charge in [0.2, 0.25) is 0 Å². The van der Waals surface area contributed by atoms with E-state index in [1.54, 1.807) is 0 Å². The molecule has 0 fully saturated rings. The van der Waals surface area contributed by atoms with E-state index in [-0.39, 0.29) is 17.1 Å². The summed E-state index contributed by atoms with van der Waals surface area (Å²) in [6.45, 7) is 2.17. The maximum absolute atomic E-state index is 12.2. The Morgan fingerprint density at radius 2 is 1.62 bits per heavy atom. The van der Waals surface area contributed by atoms with Gasteiger partial charge < -0.3 is 4.74 Å². The summed E-state index contributed by atoms with van der Waals surface area (Å²) in [6.07, 6.45) is 1.55. The Balaban J connectivity index is 3.53. The van der Waals surface area contributed by atoms with Crippen LogP contribution in [0.5, 0.6) is 0 Å². The molecular weight excluding hydrogens is 752 g/mol. The number of rotatable bonds is 5. The van der Waals surface area contributed by atoms with Gasteiger partial charge in [0.05, 0.1) is 12.2 Å². The number of halogens is 4. The van der Waals surface area contributed by atoms with Gasteiger partial charge in [0, 0.05) is 14.3 Å². The van der Waals surface area contributed by atoms with Crippen molar-refractivity contribution in [1.29, 1.82) is 0 Å². The number of hydrogen-bond acceptors (Lipinski definition) is 4. The Kier molecular flexibility index (Phi) is 8.39. The van der Waals surface area contributed by atoms with Crippen LogP contribution in [0.2, 0.25) is 0 Å². The van der Waals surface area contributed by atoms with Crippen LogP contribution in [0.3, 0.4) is 0 Å². The standard InChI is InChI=1S/C11H10I4O5S/c1-2-3-4-20-11(16)5-6(12)7(13)8(14)9(15)10(5)21(17,18)19/h2-4H2,1H3,(H,17,18,19). The number of ether oxygens (including phenoxy) is 1. The highest BCUT2D eigenvalue weighted by Gasteiger charge is 2.31. The summed E-state index contributed by atoms with van der Waals surface area (Å²) < 4.78 is 40.1. The molecule has 0 amide bonds. The van der Waals surface area contributed by atoms with Gasteiger partial charge in [-0.1, -0.05) is 13.3 Å². The first-order valence-corrected chi connectivity index (χ1v) is 11.4. The van der Waals surface area contributed by atoms with Crippen LogP contribution in [-0.4, -0.2) is 25.5 Å². The van der Waals surface area contributed by atoms with E-state index in [9.17, 15) is 17.8 Å². The van der Waals surface area contributed by atoms with E-state index in [4.69, 9.17) is 4.74 Å². The quantitative estimate of drug-likeness (QED) is 0.121. The molecule has 21 heavy (non-hydrogen) atoms. The minimum atomic E-state index is -4.52. The van der Waals surface area contributed by atoms with E-state index in [1.165, 1.54) is 0 Å². The van der Waals surface area contributed by atoms with Gasteiger partial charge in [-0.15, -0.1) is 0 Å². The number of carbonyl (C=O) groups is 1. The second-order valence-corrected chi connectivity index (χ2v) is 9.60. The zero-order chi connectivity index (χ0) is 16.4. The Morgan fingerprint density at radius 1 is 1.10 bits per heavy atom. The second kappa shape index (κ2) is 8.57. The monoisotopic (exact) mass is 762 g/mol. The maximum atomic E-state index is 12.2. The van der Waals surface area contributed by atoms with Crippen molar-refractivity contribution in [3.05, 3.63) is 19.8 Å². The molecule has 0 unspecified atom stereocenters. The molecule has 0 aliphatic rings. The first-order chi connectivity index (χ1) is 9.62. The molecule has 1 aromatic rings. The highest BCUT2D eigenvalue weighted by atomic mass is 127. The average Bonchev–Trinajstić information content (AvgIpc) is 2.38. The summed E-state index contributed by atoms with van der Waals surface area (Å²) in [5.74, 6) is -0.729. The van der Waals surface area contributed by atoms with Gasteiger partial charge >= 0.3 is 5.97 Å². The highest BCUT2D eigenvalue weighted by molar-refractivity contribution is 14.1. The molecular formula is C11H10I4O5S. The third-order valence-electron chi connectivity index (χ3n) is 2.42. The van der Waals surface area contributed by atoms with E-state index in [0.29, 0.717) is 17.1 Å². The number of esters is 1. The zero-order valence-corrected chi connectivity index (χ0v) is 20.1. The summed E-state index contributed by atoms with van der Waals surface area (Å²) >= 11 is 7.74. The van der Waals surface area contributed by atoms with Crippen molar-refractivity contribution in [2.75, 3.05) is 6.61 Å². The lowest BCUT2D eigenvalue weighted by Crippen LogP contribution is -2.18. The summed E-state index contributed by atoms with van der Waals surface area (Å²) in [5, 5.41) is 0. The number of hydrogen-bond donors (Lipinski definition) is 1. The SMILES string of the molecule is CCCCOC(=O)c1c(I)c(I)c(I)c(I)c1S(=O)(=O)O. The second-order valence-electron chi connectivity index (χ2n) is 3.92. The first kappa shape index (κ1) is 20.6. The van der Waals surface area contributed by atoms with Crippen LogP contribution in [0.1, 0.15) is 30.1 Å². The molecule has 5 nitrogen and oxygen atoms in total. The van der Waals surface area contributed by atoms with Gasteiger partial charge in [0.1, 0.15) is 4.90 Å². The van der Waals surface area contributed by atoms with E-state index in [1.807, 2.05) is 97.3 Å². The third-order valence-corrected chi connectivity index (χ3v) is 11.1. The van der Waals surface area contributed by atoms with Crippen LogP contribution in [0.4, 0.5) is 0 Å². The van der Waals surface area contributed by atoms with Gasteiger partial charge in [-0.05, 0) is 96.8 Å². The summed E-state index contributed by atoms with van der Waals surface area (Å²) in [5.41, 5.74) is -0.0941. The van der Waals surface area contributed by atoms with E-state index in [0.717, 1.165) is 9.99 Å². The fraction of sp³-hybridized carbons (Fsp3) is 0.364. The predicted octanol–water partition coefficient (Wildman–Crippen LogP) is 4.31. The maximum Gasteiger partial charge on any atom is 0.340 e. The van der Waals surface area contributed by atoms with Crippen molar-refractivity contribution < 1.29 is 22.5 Å². The fourth-order valence-corrected chi connectivity index (χ4v) is 6.80. The Labute approximate surface area is 177 Å². The Morgan fingerprint density at radius 3 is 2.10 bits per heavy atom. The normalized spacial score (nSPS) is 11.5. The lowest BCUT2D eigenvalue weighted by molar-refractivity contribution is 0.0493. The van der Waals surface area contributed by atoms with E-state index >= 15 is 0 Å². The van der Waals surface area contributed by atoms with Crippen molar-refractivity contribution in [3.8, 4) is 0 Å². The van der Waals surface area contributed by atoms with Gasteiger partial charge in [0.25, 0.3) is 10.1 Å². The van der Waals surface area contributed by atoms with Crippen LogP contribution in [0, 0.1) is 14.3 Å². The molecule has 0 saturated heterocycles. The van der Waals surface area contributed by atoms with Crippen molar-refractivity contribution in [3.63, 3.8) is 0 Å². The molecule has 1 N–H and O–H groups in total. The van der Waals surface area contributed by atoms with Crippen molar-refractivity contribution in [2.45, 2.75) is 24.7 Å². The molecule has 0 aromatic heterocycles. The predicted molar refractivity (Wildman–Crippen MR) is 112 cm³/mol. The molecule has 1 rings (SSSR count). The molecule has 0 aliphatic carbocycles. The van der Waals surface area contributed by atoms with Gasteiger partial charge in [-0.25, -0.2) is 4.79 Å². The van der Waals surface area contributed by atoms with Crippen LogP contribution in [0.15, 0.2) is 4.90 Å². The minimum absolute atomic E-state index is 0.0941. The molecule has 118 valence electrons. The van der Waals surface area contributed by atoms with Crippen LogP contribution < -0.4 is 0 Å². The Bertz CT molecular complexity index is 672. The summed E-state index contributed by atoms with van der Waals surface area (Å²) in [7, 11) is -4.52. The molecule has 0 bridgehead atoms. The number of carbonyl (C=O) groups excluding carboxylic acids is 1. The van der Waals surface area contributed by atoms with Gasteiger partial charge in [-0.3, -0.25) is 4.55 Å². The van der Waals surface area contributed by atoms with E-state index < -0.39 is 16.1 Å². The number of benzene rings is 1. The molecule has 1 aromatic carbocycles. The molecule has 10 heteroatoms. The fourth-order valence-electron chi connectivity index (χ4n) is 1.42. The molecule has 0 atom stereocenters. The third kappa shape index (κ3) is 4.99. The summed E-state index contributed by atoms with van der Waals surface area (Å²) in [4.78, 5) is 11.8. The molecule has 0 radical (unpaired) electrons. The first-order valence-electron chi connectivity index (χ1n) is 5.63. The topological polar surface area (TPSA) is 80.7 Å². The van der Waals surface area contributed by atoms with Gasteiger partial charge in [0.15, 0.2) is 0 Å². The van der Waals surface area contributed by atoms with Crippen molar-refractivity contribution in [2.24, 2.45) is 0 Å². The van der Waals surface area contributed by atoms with E-state index in [2.05, 4.69) is 0 Å². The lowest BCUT2D eigenvalue weighted by atomic mass is 10.2. The van der Waals surface area contributed by atoms with Crippen molar-refractivity contribution >= 4 is 106 Å². The van der Waals surface area contributed by atoms with Crippen LogP contribution in [-0.2, 0) is 14.9 Å². The molecule has 0 saturated carbocycles. The van der Waals surface area contributed by atoms with Crippen LogP contribution in [0.25, 0.3) is 0 Å². The average molecular weight is 762 g/mol.